The second-order valence-electron chi connectivity index (χ2n) is 7.09. The molecule has 0 bridgehead atoms. The molecule has 0 saturated carbocycles. The monoisotopic (exact) mass is 532 g/mol. The van der Waals surface area contributed by atoms with Crippen molar-refractivity contribution in [1.29, 1.82) is 0 Å². The van der Waals surface area contributed by atoms with Crippen LogP contribution in [0.3, 0.4) is 0 Å². The van der Waals surface area contributed by atoms with E-state index in [1.807, 2.05) is 0 Å². The van der Waals surface area contributed by atoms with Crippen molar-refractivity contribution in [3.05, 3.63) is 59.2 Å². The van der Waals surface area contributed by atoms with Crippen LogP contribution in [0.5, 0.6) is 11.5 Å². The predicted molar refractivity (Wildman–Crippen MR) is 124 cm³/mol. The molecular formula is C20H22F2N4O7S2. The minimum Gasteiger partial charge on any atom is -0.451 e. The normalized spacial score (nSPS) is 12.3. The molecule has 0 aromatic heterocycles. The Morgan fingerprint density at radius 1 is 1.11 bits per heavy atom. The summed E-state index contributed by atoms with van der Waals surface area (Å²) >= 11 is 0. The van der Waals surface area contributed by atoms with Crippen LogP contribution in [0.4, 0.5) is 8.78 Å². The van der Waals surface area contributed by atoms with Crippen LogP contribution in [0.25, 0.3) is 6.08 Å². The van der Waals surface area contributed by atoms with E-state index in [0.29, 0.717) is 0 Å². The zero-order valence-corrected chi connectivity index (χ0v) is 19.9. The summed E-state index contributed by atoms with van der Waals surface area (Å²) in [6.07, 6.45) is 1.03. The highest BCUT2D eigenvalue weighted by Crippen LogP contribution is 2.30. The van der Waals surface area contributed by atoms with Crippen LogP contribution in [-0.2, 0) is 24.9 Å². The molecule has 2 rings (SSSR count). The molecule has 0 atom stereocenters. The summed E-state index contributed by atoms with van der Waals surface area (Å²) < 4.78 is 90.8. The summed E-state index contributed by atoms with van der Waals surface area (Å²) in [6, 6.07) is 6.40. The number of carbonyl (C=O) groups excluding carboxylic acids is 1. The Labute approximate surface area is 200 Å². The molecule has 190 valence electrons. The van der Waals surface area contributed by atoms with Crippen molar-refractivity contribution in [3.8, 4) is 11.5 Å². The predicted octanol–water partition coefficient (Wildman–Crippen LogP) is 1.52. The number of hydrogen-bond donors (Lipinski definition) is 4. The van der Waals surface area contributed by atoms with Crippen LogP contribution in [-0.4, -0.2) is 45.6 Å². The first-order chi connectivity index (χ1) is 16.2. The number of ether oxygens (including phenoxy) is 1. The smallest absolute Gasteiger partial charge is 0.275 e. The number of rotatable bonds is 10. The molecule has 6 N–H and O–H groups in total. The van der Waals surface area contributed by atoms with E-state index in [-0.39, 0.29) is 34.7 Å². The van der Waals surface area contributed by atoms with Crippen LogP contribution in [0.15, 0.2) is 51.9 Å². The summed E-state index contributed by atoms with van der Waals surface area (Å²) in [6.45, 7) is 1.11. The van der Waals surface area contributed by atoms with Crippen molar-refractivity contribution < 1.29 is 39.7 Å². The summed E-state index contributed by atoms with van der Waals surface area (Å²) in [7, 11) is -8.22. The van der Waals surface area contributed by atoms with E-state index in [1.54, 1.807) is 0 Å². The van der Waals surface area contributed by atoms with Gasteiger partial charge >= 0.3 is 0 Å². The van der Waals surface area contributed by atoms with Crippen LogP contribution in [0.1, 0.15) is 18.9 Å². The second kappa shape index (κ2) is 11.4. The number of sulfonamides is 1. The number of nitrogens with two attached hydrogens (primary N) is 2. The number of nitrogens with zero attached hydrogens (tertiary/aromatic N) is 1. The third-order valence-corrected chi connectivity index (χ3v) is 6.48. The van der Waals surface area contributed by atoms with Gasteiger partial charge in [-0.05, 0) is 61.4 Å². The lowest BCUT2D eigenvalue weighted by molar-refractivity contribution is -0.114. The van der Waals surface area contributed by atoms with E-state index < -0.39 is 55.1 Å². The molecule has 2 aromatic rings. The van der Waals surface area contributed by atoms with Gasteiger partial charge in [0.2, 0.25) is 10.0 Å². The van der Waals surface area contributed by atoms with E-state index >= 15 is 0 Å². The van der Waals surface area contributed by atoms with Crippen molar-refractivity contribution in [2.45, 2.75) is 18.2 Å². The molecule has 0 radical (unpaired) electrons. The average Bonchev–Trinajstić information content (AvgIpc) is 2.73. The number of aliphatic imine (C=N–C) groups is 1. The molecule has 11 nitrogen and oxygen atoms in total. The molecule has 0 heterocycles. The molecule has 15 heteroatoms. The molecule has 2 aromatic carbocycles. The van der Waals surface area contributed by atoms with Gasteiger partial charge in [0.1, 0.15) is 5.75 Å². The van der Waals surface area contributed by atoms with Gasteiger partial charge in [-0.25, -0.2) is 21.9 Å². The molecule has 0 spiro atoms. The minimum atomic E-state index is -4.21. The highest BCUT2D eigenvalue weighted by Gasteiger charge is 2.17. The number of hydrogen-bond acceptors (Lipinski definition) is 6. The van der Waals surface area contributed by atoms with E-state index in [0.717, 1.165) is 36.4 Å². The summed E-state index contributed by atoms with van der Waals surface area (Å²) in [5.41, 5.74) is 10.3. The van der Waals surface area contributed by atoms with Gasteiger partial charge in [-0.1, -0.05) is 0 Å². The highest BCUT2D eigenvalue weighted by atomic mass is 32.2. The first-order valence-electron chi connectivity index (χ1n) is 9.72. The second-order valence-corrected chi connectivity index (χ2v) is 10.4. The van der Waals surface area contributed by atoms with E-state index in [9.17, 15) is 30.4 Å². The molecule has 0 aliphatic rings. The topological polar surface area (TPSA) is 191 Å². The molecular weight excluding hydrogens is 510 g/mol. The van der Waals surface area contributed by atoms with Gasteiger partial charge in [-0.15, -0.1) is 0 Å². The minimum absolute atomic E-state index is 0.00510. The maximum Gasteiger partial charge on any atom is 0.275 e. The first kappa shape index (κ1) is 27.8. The maximum absolute atomic E-state index is 14.5. The van der Waals surface area contributed by atoms with Crippen molar-refractivity contribution in [3.63, 3.8) is 0 Å². The first-order valence-corrected chi connectivity index (χ1v) is 12.8. The highest BCUT2D eigenvalue weighted by molar-refractivity contribution is 7.89. The van der Waals surface area contributed by atoms with E-state index in [2.05, 4.69) is 9.71 Å². The number of carbonyl (C=O) groups is 1. The van der Waals surface area contributed by atoms with Crippen molar-refractivity contribution in [2.75, 3.05) is 12.3 Å². The van der Waals surface area contributed by atoms with E-state index in [1.165, 1.54) is 13.0 Å². The lowest BCUT2D eigenvalue weighted by Gasteiger charge is -2.10. The lowest BCUT2D eigenvalue weighted by Crippen LogP contribution is -2.26. The fourth-order valence-corrected chi connectivity index (χ4v) is 4.21. The number of guanidine groups is 1. The SMILES string of the molecule is C/C(=C\c1cc(F)c(Oc2ccc(S(=O)(=O)NCCCS(=O)(=O)O)cc2)c(F)c1)C(=O)N=C(N)N. The maximum atomic E-state index is 14.5. The van der Waals surface area contributed by atoms with Crippen LogP contribution in [0, 0.1) is 11.6 Å². The standard InChI is InChI=1S/C20H22F2N4O7S2/c1-12(19(27)26-20(23)24)9-13-10-16(21)18(17(22)11-13)33-14-3-5-15(6-4-14)35(31,32)25-7-2-8-34(28,29)30/h3-6,9-11,25H,2,7-8H2,1H3,(H,28,29,30)(H4,23,24,26,27)/b12-9+. The Balaban J connectivity index is 2.13. The fourth-order valence-electron chi connectivity index (χ4n) is 2.63. The van der Waals surface area contributed by atoms with Gasteiger partial charge in [-0.2, -0.15) is 13.4 Å². The largest absolute Gasteiger partial charge is 0.451 e. The fraction of sp³-hybridized carbons (Fsp3) is 0.200. The van der Waals surface area contributed by atoms with Gasteiger partial charge in [0, 0.05) is 12.1 Å². The average molecular weight is 533 g/mol. The van der Waals surface area contributed by atoms with Crippen molar-refractivity contribution in [1.82, 2.24) is 4.72 Å². The molecule has 0 aliphatic heterocycles. The van der Waals surface area contributed by atoms with Gasteiger partial charge in [0.05, 0.1) is 10.6 Å². The Morgan fingerprint density at radius 2 is 1.69 bits per heavy atom. The zero-order valence-electron chi connectivity index (χ0n) is 18.2. The van der Waals surface area contributed by atoms with Crippen molar-refractivity contribution in [2.24, 2.45) is 16.5 Å². The van der Waals surface area contributed by atoms with Crippen LogP contribution in [0.2, 0.25) is 0 Å². The number of amides is 1. The zero-order chi connectivity index (χ0) is 26.4. The molecule has 0 fully saturated rings. The Bertz CT molecular complexity index is 1350. The molecule has 0 saturated heterocycles. The summed E-state index contributed by atoms with van der Waals surface area (Å²) in [4.78, 5) is 14.8. The lowest BCUT2D eigenvalue weighted by atomic mass is 10.1. The number of halogens is 2. The van der Waals surface area contributed by atoms with E-state index in [4.69, 9.17) is 20.8 Å². The number of benzene rings is 2. The van der Waals surface area contributed by atoms with Crippen molar-refractivity contribution >= 4 is 38.1 Å². The molecule has 35 heavy (non-hydrogen) atoms. The van der Waals surface area contributed by atoms with Crippen LogP contribution >= 0.6 is 0 Å². The molecule has 1 amide bonds. The van der Waals surface area contributed by atoms with Crippen LogP contribution < -0.4 is 20.9 Å². The number of nitrogens with one attached hydrogen (secondary N) is 1. The molecule has 0 aliphatic carbocycles. The van der Waals surface area contributed by atoms with Gasteiger partial charge < -0.3 is 16.2 Å². The van der Waals surface area contributed by atoms with Gasteiger partial charge in [0.15, 0.2) is 23.3 Å². The Hall–Kier alpha value is -3.40. The summed E-state index contributed by atoms with van der Waals surface area (Å²) in [5.74, 6) is -4.86. The molecule has 0 unspecified atom stereocenters. The van der Waals surface area contributed by atoms with Gasteiger partial charge in [0.25, 0.3) is 16.0 Å². The Kier molecular flexibility index (Phi) is 9.03. The quantitative estimate of drug-likeness (QED) is 0.115. The Morgan fingerprint density at radius 3 is 2.20 bits per heavy atom. The third-order valence-electron chi connectivity index (χ3n) is 4.20. The van der Waals surface area contributed by atoms with Gasteiger partial charge in [-0.3, -0.25) is 9.35 Å². The third kappa shape index (κ3) is 8.71. The summed E-state index contributed by atoms with van der Waals surface area (Å²) in [5, 5.41) is 0.